The molecule has 50 valence electrons. The lowest BCUT2D eigenvalue weighted by Gasteiger charge is -1.93. The maximum Gasteiger partial charge on any atom is 0.0288 e. The van der Waals surface area contributed by atoms with Crippen LogP contribution in [0.4, 0.5) is 0 Å². The Labute approximate surface area is 61.6 Å². The van der Waals surface area contributed by atoms with Gasteiger partial charge >= 0.3 is 0 Å². The highest BCUT2D eigenvalue weighted by Gasteiger charge is 2.51. The van der Waals surface area contributed by atoms with E-state index in [4.69, 9.17) is 6.42 Å². The minimum absolute atomic E-state index is 0. The molecule has 1 N–H and O–H groups in total. The molecule has 1 heterocycles. The molecule has 1 saturated heterocycles. The van der Waals surface area contributed by atoms with Gasteiger partial charge < -0.3 is 5.32 Å². The molecule has 1 nitrogen and oxygen atoms in total. The Balaban J connectivity index is 0.000000405. The highest BCUT2D eigenvalue weighted by atomic mass is 35.5. The average Bonchev–Trinajstić information content (AvgIpc) is 2.22. The maximum atomic E-state index is 5.25. The molecule has 0 spiro atoms. The van der Waals surface area contributed by atoms with Crippen molar-refractivity contribution in [2.24, 2.45) is 17.8 Å². The summed E-state index contributed by atoms with van der Waals surface area (Å²) in [4.78, 5) is 0. The highest BCUT2D eigenvalue weighted by Crippen LogP contribution is 2.47. The molecule has 2 fully saturated rings. The molecule has 1 aliphatic heterocycles. The largest absolute Gasteiger partial charge is 0.316 e. The molecule has 2 aliphatic rings. The van der Waals surface area contributed by atoms with Crippen LogP contribution in [0.5, 0.6) is 0 Å². The molecule has 1 aliphatic carbocycles. The summed E-state index contributed by atoms with van der Waals surface area (Å²) in [6.45, 7) is 2.33. The van der Waals surface area contributed by atoms with Gasteiger partial charge in [-0.05, 0) is 24.9 Å². The summed E-state index contributed by atoms with van der Waals surface area (Å²) in [5, 5.41) is 3.29. The van der Waals surface area contributed by atoms with Crippen LogP contribution in [0.1, 0.15) is 0 Å². The minimum atomic E-state index is 0. The van der Waals surface area contributed by atoms with Crippen LogP contribution in [0.25, 0.3) is 0 Å². The van der Waals surface area contributed by atoms with Crippen LogP contribution in [-0.4, -0.2) is 13.1 Å². The van der Waals surface area contributed by atoms with Gasteiger partial charge in [0, 0.05) is 5.92 Å². The van der Waals surface area contributed by atoms with Gasteiger partial charge in [0.1, 0.15) is 0 Å². The molecular formula is C7H10ClN. The van der Waals surface area contributed by atoms with Crippen LogP contribution in [-0.2, 0) is 0 Å². The zero-order valence-corrected chi connectivity index (χ0v) is 5.95. The number of fused-ring (bicyclic) bond motifs is 1. The van der Waals surface area contributed by atoms with Gasteiger partial charge in [-0.1, -0.05) is 0 Å². The van der Waals surface area contributed by atoms with Gasteiger partial charge in [-0.25, -0.2) is 0 Å². The van der Waals surface area contributed by atoms with Crippen molar-refractivity contribution in [3.05, 3.63) is 0 Å². The third-order valence-corrected chi connectivity index (χ3v) is 2.28. The molecule has 2 heteroatoms. The fourth-order valence-corrected chi connectivity index (χ4v) is 1.67. The van der Waals surface area contributed by atoms with Crippen LogP contribution >= 0.6 is 12.4 Å². The number of terminal acetylenes is 1. The number of nitrogens with one attached hydrogen (secondary N) is 1. The molecule has 0 bridgehead atoms. The third-order valence-electron chi connectivity index (χ3n) is 2.28. The summed E-state index contributed by atoms with van der Waals surface area (Å²) >= 11 is 0. The summed E-state index contributed by atoms with van der Waals surface area (Å²) in [5.74, 6) is 5.13. The molecule has 2 rings (SSSR count). The first-order chi connectivity index (χ1) is 3.93. The Morgan fingerprint density at radius 1 is 1.33 bits per heavy atom. The second kappa shape index (κ2) is 2.21. The molecule has 0 radical (unpaired) electrons. The van der Waals surface area contributed by atoms with Crippen LogP contribution in [0.15, 0.2) is 0 Å². The van der Waals surface area contributed by atoms with Crippen LogP contribution < -0.4 is 5.32 Å². The van der Waals surface area contributed by atoms with E-state index in [9.17, 15) is 0 Å². The molecular weight excluding hydrogens is 134 g/mol. The Morgan fingerprint density at radius 2 is 1.89 bits per heavy atom. The van der Waals surface area contributed by atoms with E-state index in [2.05, 4.69) is 11.2 Å². The number of halogens is 1. The maximum absolute atomic E-state index is 5.25. The van der Waals surface area contributed by atoms with Crippen molar-refractivity contribution in [2.45, 2.75) is 0 Å². The summed E-state index contributed by atoms with van der Waals surface area (Å²) in [5.41, 5.74) is 0. The lowest BCUT2D eigenvalue weighted by Crippen LogP contribution is -2.13. The molecule has 0 aromatic rings. The van der Waals surface area contributed by atoms with Crippen LogP contribution in [0.2, 0.25) is 0 Å². The SMILES string of the molecule is C#CC1[C@H]2CNC[C@@H]12.Cl. The molecule has 1 saturated carbocycles. The predicted molar refractivity (Wildman–Crippen MR) is 39.4 cm³/mol. The molecule has 3 atom stereocenters. The first kappa shape index (κ1) is 6.92. The summed E-state index contributed by atoms with van der Waals surface area (Å²) in [6, 6.07) is 0. The Morgan fingerprint density at radius 3 is 2.22 bits per heavy atom. The van der Waals surface area contributed by atoms with Crippen molar-refractivity contribution in [3.8, 4) is 12.3 Å². The van der Waals surface area contributed by atoms with E-state index in [0.717, 1.165) is 11.8 Å². The number of hydrogen-bond acceptors (Lipinski definition) is 1. The van der Waals surface area contributed by atoms with Gasteiger partial charge in [0.25, 0.3) is 0 Å². The third kappa shape index (κ3) is 0.831. The topological polar surface area (TPSA) is 12.0 Å². The monoisotopic (exact) mass is 143 g/mol. The highest BCUT2D eigenvalue weighted by molar-refractivity contribution is 5.85. The van der Waals surface area contributed by atoms with Gasteiger partial charge in [-0.15, -0.1) is 24.8 Å². The molecule has 9 heavy (non-hydrogen) atoms. The van der Waals surface area contributed by atoms with Crippen molar-refractivity contribution in [1.82, 2.24) is 5.32 Å². The molecule has 0 aromatic heterocycles. The minimum Gasteiger partial charge on any atom is -0.316 e. The van der Waals surface area contributed by atoms with Crippen molar-refractivity contribution in [2.75, 3.05) is 13.1 Å². The Hall–Kier alpha value is -0.190. The summed E-state index contributed by atoms with van der Waals surface area (Å²) in [7, 11) is 0. The van der Waals surface area contributed by atoms with E-state index in [1.807, 2.05) is 0 Å². The van der Waals surface area contributed by atoms with E-state index in [1.54, 1.807) is 0 Å². The zero-order chi connectivity index (χ0) is 5.56. The van der Waals surface area contributed by atoms with E-state index < -0.39 is 0 Å². The molecule has 0 aromatic carbocycles. The summed E-state index contributed by atoms with van der Waals surface area (Å²) in [6.07, 6.45) is 5.25. The number of piperidine rings is 1. The zero-order valence-electron chi connectivity index (χ0n) is 5.13. The van der Waals surface area contributed by atoms with Crippen LogP contribution in [0, 0.1) is 30.1 Å². The predicted octanol–water partition coefficient (Wildman–Crippen LogP) is 0.507. The second-order valence-corrected chi connectivity index (χ2v) is 2.68. The fourth-order valence-electron chi connectivity index (χ4n) is 1.67. The van der Waals surface area contributed by atoms with Crippen molar-refractivity contribution in [1.29, 1.82) is 0 Å². The summed E-state index contributed by atoms with van der Waals surface area (Å²) < 4.78 is 0. The van der Waals surface area contributed by atoms with Gasteiger partial charge in [-0.2, -0.15) is 0 Å². The van der Waals surface area contributed by atoms with Crippen molar-refractivity contribution < 1.29 is 0 Å². The smallest absolute Gasteiger partial charge is 0.0288 e. The standard InChI is InChI=1S/C7H9N.ClH/c1-2-5-6-3-8-4-7(5)6;/h1,5-8H,3-4H2;1H/t5?,6-,7+;. The average molecular weight is 144 g/mol. The Bertz CT molecular complexity index is 139. The quantitative estimate of drug-likeness (QED) is 0.488. The normalized spacial score (nSPS) is 44.6. The van der Waals surface area contributed by atoms with E-state index in [1.165, 1.54) is 13.1 Å². The van der Waals surface area contributed by atoms with E-state index in [-0.39, 0.29) is 12.4 Å². The van der Waals surface area contributed by atoms with E-state index >= 15 is 0 Å². The number of rotatable bonds is 0. The first-order valence-corrected chi connectivity index (χ1v) is 3.10. The van der Waals surface area contributed by atoms with Gasteiger partial charge in [0.2, 0.25) is 0 Å². The number of hydrogen-bond donors (Lipinski definition) is 1. The van der Waals surface area contributed by atoms with Crippen molar-refractivity contribution in [3.63, 3.8) is 0 Å². The first-order valence-electron chi connectivity index (χ1n) is 3.10. The molecule has 0 amide bonds. The second-order valence-electron chi connectivity index (χ2n) is 2.68. The van der Waals surface area contributed by atoms with Crippen molar-refractivity contribution >= 4 is 12.4 Å². The van der Waals surface area contributed by atoms with Gasteiger partial charge in [0.15, 0.2) is 0 Å². The fraction of sp³-hybridized carbons (Fsp3) is 0.714. The van der Waals surface area contributed by atoms with Gasteiger partial charge in [0.05, 0.1) is 0 Å². The van der Waals surface area contributed by atoms with E-state index in [0.29, 0.717) is 5.92 Å². The lowest BCUT2D eigenvalue weighted by atomic mass is 10.3. The van der Waals surface area contributed by atoms with Gasteiger partial charge in [-0.3, -0.25) is 0 Å². The lowest BCUT2D eigenvalue weighted by molar-refractivity contribution is 0.679. The van der Waals surface area contributed by atoms with Crippen LogP contribution in [0.3, 0.4) is 0 Å². The Kier molecular flexibility index (Phi) is 1.70. The molecule has 1 unspecified atom stereocenters.